The van der Waals surface area contributed by atoms with Crippen LogP contribution in [0.1, 0.15) is 68.9 Å². The molecule has 0 heterocycles. The highest BCUT2D eigenvalue weighted by Gasteiger charge is 2.18. The normalized spacial score (nSPS) is 19.1. The second kappa shape index (κ2) is 8.69. The molecule has 2 fully saturated rings. The van der Waals surface area contributed by atoms with Crippen molar-refractivity contribution in [3.63, 3.8) is 0 Å². The molecule has 0 bridgehead atoms. The smallest absolute Gasteiger partial charge is 0.168 e. The van der Waals surface area contributed by atoms with Gasteiger partial charge in [0.1, 0.15) is 0 Å². The zero-order chi connectivity index (χ0) is 16.8. The van der Waals surface area contributed by atoms with Crippen molar-refractivity contribution < 1.29 is 9.13 Å². The molecule has 2 saturated carbocycles. The third-order valence-corrected chi connectivity index (χ3v) is 5.86. The van der Waals surface area contributed by atoms with Crippen molar-refractivity contribution in [2.24, 2.45) is 11.8 Å². The van der Waals surface area contributed by atoms with Crippen LogP contribution >= 0.6 is 0 Å². The molecule has 0 amide bonds. The van der Waals surface area contributed by atoms with Crippen LogP contribution in [0.15, 0.2) is 24.3 Å². The number of allylic oxidation sites excluding steroid dienone is 2. The van der Waals surface area contributed by atoms with Gasteiger partial charge in [0.15, 0.2) is 11.6 Å². The summed E-state index contributed by atoms with van der Waals surface area (Å²) in [7, 11) is 0. The number of rotatable bonds is 8. The molecule has 2 heteroatoms. The molecule has 0 radical (unpaired) electrons. The van der Waals surface area contributed by atoms with Crippen molar-refractivity contribution in [1.29, 1.82) is 0 Å². The zero-order valence-electron chi connectivity index (χ0n) is 15.0. The van der Waals surface area contributed by atoms with Gasteiger partial charge in [-0.15, -0.1) is 0 Å². The Morgan fingerprint density at radius 2 is 1.92 bits per heavy atom. The van der Waals surface area contributed by atoms with Crippen LogP contribution < -0.4 is 4.74 Å². The lowest BCUT2D eigenvalue weighted by Crippen LogP contribution is -2.14. The van der Waals surface area contributed by atoms with Gasteiger partial charge in [0, 0.05) is 0 Å². The van der Waals surface area contributed by atoms with Crippen LogP contribution in [-0.2, 0) is 6.42 Å². The quantitative estimate of drug-likeness (QED) is 0.502. The van der Waals surface area contributed by atoms with Crippen LogP contribution in [0.3, 0.4) is 0 Å². The molecule has 3 rings (SSSR count). The molecular weight excluding hydrogens is 299 g/mol. The second-order valence-electron chi connectivity index (χ2n) is 7.61. The number of aryl methyl sites for hydroxylation is 1. The molecule has 0 aliphatic heterocycles. The lowest BCUT2D eigenvalue weighted by atomic mass is 9.83. The molecule has 0 spiro atoms. The summed E-state index contributed by atoms with van der Waals surface area (Å²) in [6, 6.07) is 3.86. The predicted octanol–water partition coefficient (Wildman–Crippen LogP) is 6.38. The van der Waals surface area contributed by atoms with Gasteiger partial charge in [-0.05, 0) is 68.1 Å². The van der Waals surface area contributed by atoms with Crippen molar-refractivity contribution in [3.8, 4) is 5.75 Å². The highest BCUT2D eigenvalue weighted by Crippen LogP contribution is 2.30. The number of hydrogen-bond donors (Lipinski definition) is 0. The minimum absolute atomic E-state index is 0.166. The first-order chi connectivity index (χ1) is 11.7. The van der Waals surface area contributed by atoms with Crippen molar-refractivity contribution in [3.05, 3.63) is 41.2 Å². The van der Waals surface area contributed by atoms with E-state index >= 15 is 0 Å². The van der Waals surface area contributed by atoms with Crippen LogP contribution in [0.5, 0.6) is 5.75 Å². The molecule has 0 aromatic heterocycles. The summed E-state index contributed by atoms with van der Waals surface area (Å²) >= 11 is 0. The molecule has 1 nitrogen and oxygen atoms in total. The van der Waals surface area contributed by atoms with Gasteiger partial charge in [0.25, 0.3) is 0 Å². The Labute approximate surface area is 146 Å². The molecule has 0 atom stereocenters. The van der Waals surface area contributed by atoms with E-state index in [2.05, 4.69) is 12.2 Å². The summed E-state index contributed by atoms with van der Waals surface area (Å²) in [5, 5.41) is 0. The molecule has 2 aliphatic rings. The molecule has 2 aliphatic carbocycles. The highest BCUT2D eigenvalue weighted by molar-refractivity contribution is 5.37. The average molecular weight is 330 g/mol. The van der Waals surface area contributed by atoms with E-state index in [-0.39, 0.29) is 5.82 Å². The number of ether oxygens (including phenoxy) is 1. The Hall–Kier alpha value is -1.31. The summed E-state index contributed by atoms with van der Waals surface area (Å²) in [5.74, 6) is 1.85. The summed E-state index contributed by atoms with van der Waals surface area (Å²) in [4.78, 5) is 0. The van der Waals surface area contributed by atoms with Crippen LogP contribution in [0.2, 0.25) is 0 Å². The van der Waals surface area contributed by atoms with E-state index in [9.17, 15) is 4.39 Å². The molecule has 0 N–H and O–H groups in total. The number of benzene rings is 1. The Kier molecular flexibility index (Phi) is 6.34. The Bertz CT molecular complexity index is 553. The maximum Gasteiger partial charge on any atom is 0.168 e. The van der Waals surface area contributed by atoms with Crippen molar-refractivity contribution >= 4 is 0 Å². The fourth-order valence-corrected chi connectivity index (χ4v) is 3.88. The molecule has 24 heavy (non-hydrogen) atoms. The van der Waals surface area contributed by atoms with Crippen LogP contribution in [0, 0.1) is 24.6 Å². The van der Waals surface area contributed by atoms with Crippen LogP contribution in [0.25, 0.3) is 0 Å². The predicted molar refractivity (Wildman–Crippen MR) is 98.0 cm³/mol. The van der Waals surface area contributed by atoms with E-state index in [0.717, 1.165) is 42.2 Å². The standard InChI is InChI=1S/C22H31FO/c1-17-20(12-5-4-9-18-7-2-3-8-18)13-14-21(22(17)23)24-16-15-19-10-6-11-19/h4,9,13-14,18-19H,2-3,5-8,10-12,15-16H2,1H3/b9-4+. The van der Waals surface area contributed by atoms with Gasteiger partial charge in [-0.3, -0.25) is 0 Å². The zero-order valence-corrected chi connectivity index (χ0v) is 15.0. The Morgan fingerprint density at radius 3 is 2.62 bits per heavy atom. The van der Waals surface area contributed by atoms with Gasteiger partial charge in [-0.25, -0.2) is 4.39 Å². The van der Waals surface area contributed by atoms with Crippen molar-refractivity contribution in [1.82, 2.24) is 0 Å². The summed E-state index contributed by atoms with van der Waals surface area (Å²) < 4.78 is 20.2. The van der Waals surface area contributed by atoms with E-state index in [1.165, 1.54) is 44.9 Å². The monoisotopic (exact) mass is 330 g/mol. The van der Waals surface area contributed by atoms with Gasteiger partial charge < -0.3 is 4.74 Å². The first-order valence-corrected chi connectivity index (χ1v) is 9.81. The molecular formula is C22H31FO. The number of halogens is 1. The maximum absolute atomic E-state index is 14.5. The van der Waals surface area contributed by atoms with Gasteiger partial charge in [-0.1, -0.05) is 50.3 Å². The highest BCUT2D eigenvalue weighted by atomic mass is 19.1. The van der Waals surface area contributed by atoms with Crippen molar-refractivity contribution in [2.75, 3.05) is 6.61 Å². The molecule has 1 aromatic carbocycles. The minimum Gasteiger partial charge on any atom is -0.490 e. The first kappa shape index (κ1) is 17.5. The molecule has 0 unspecified atom stereocenters. The van der Waals surface area contributed by atoms with Gasteiger partial charge >= 0.3 is 0 Å². The van der Waals surface area contributed by atoms with E-state index in [4.69, 9.17) is 4.74 Å². The summed E-state index contributed by atoms with van der Waals surface area (Å²) in [5.41, 5.74) is 1.86. The third-order valence-electron chi connectivity index (χ3n) is 5.86. The van der Waals surface area contributed by atoms with Gasteiger partial charge in [0.2, 0.25) is 0 Å². The summed E-state index contributed by atoms with van der Waals surface area (Å²) in [6.07, 6.45) is 17.1. The first-order valence-electron chi connectivity index (χ1n) is 9.81. The topological polar surface area (TPSA) is 9.23 Å². The van der Waals surface area contributed by atoms with Crippen LogP contribution in [0.4, 0.5) is 4.39 Å². The Morgan fingerprint density at radius 1 is 1.12 bits per heavy atom. The van der Waals surface area contributed by atoms with E-state index < -0.39 is 0 Å². The largest absolute Gasteiger partial charge is 0.490 e. The van der Waals surface area contributed by atoms with E-state index in [0.29, 0.717) is 12.4 Å². The average Bonchev–Trinajstić information content (AvgIpc) is 3.05. The summed E-state index contributed by atoms with van der Waals surface area (Å²) in [6.45, 7) is 2.52. The maximum atomic E-state index is 14.5. The van der Waals surface area contributed by atoms with Crippen LogP contribution in [-0.4, -0.2) is 6.61 Å². The van der Waals surface area contributed by atoms with Crippen molar-refractivity contribution in [2.45, 2.75) is 71.1 Å². The number of hydrogen-bond acceptors (Lipinski definition) is 1. The third kappa shape index (κ3) is 4.62. The molecule has 0 saturated heterocycles. The van der Waals surface area contributed by atoms with Gasteiger partial charge in [0.05, 0.1) is 6.61 Å². The Balaban J connectivity index is 1.47. The second-order valence-corrected chi connectivity index (χ2v) is 7.61. The lowest BCUT2D eigenvalue weighted by molar-refractivity contribution is 0.216. The van der Waals surface area contributed by atoms with E-state index in [1.807, 2.05) is 19.1 Å². The molecule has 132 valence electrons. The lowest BCUT2D eigenvalue weighted by Gasteiger charge is -2.25. The van der Waals surface area contributed by atoms with E-state index in [1.54, 1.807) is 0 Å². The molecule has 1 aromatic rings. The fourth-order valence-electron chi connectivity index (χ4n) is 3.88. The fraction of sp³-hybridized carbons (Fsp3) is 0.636. The SMILES string of the molecule is Cc1c(CC/C=C/C2CCCC2)ccc(OCCC2CCC2)c1F. The minimum atomic E-state index is -0.166. The van der Waals surface area contributed by atoms with Gasteiger partial charge in [-0.2, -0.15) is 0 Å².